The van der Waals surface area contributed by atoms with Gasteiger partial charge in [0, 0.05) is 15.2 Å². The van der Waals surface area contributed by atoms with E-state index in [-0.39, 0.29) is 0 Å². The minimum absolute atomic E-state index is 0.924. The molecule has 0 N–H and O–H groups in total. The summed E-state index contributed by atoms with van der Waals surface area (Å²) in [7, 11) is 1.71. The van der Waals surface area contributed by atoms with Crippen LogP contribution in [0.3, 0.4) is 0 Å². The van der Waals surface area contributed by atoms with Crippen molar-refractivity contribution in [3.05, 3.63) is 66.7 Å². The molecule has 0 aromatic heterocycles. The van der Waals surface area contributed by atoms with Crippen molar-refractivity contribution >= 4 is 22.5 Å². The van der Waals surface area contributed by atoms with E-state index >= 15 is 0 Å². The Morgan fingerprint density at radius 3 is 2.16 bits per heavy atom. The minimum Gasteiger partial charge on any atom is -0.496 e. The Morgan fingerprint density at radius 1 is 0.737 bits per heavy atom. The van der Waals surface area contributed by atoms with Crippen molar-refractivity contribution in [2.45, 2.75) is 9.79 Å². The highest BCUT2D eigenvalue weighted by molar-refractivity contribution is 7.99. The van der Waals surface area contributed by atoms with Crippen LogP contribution in [0.25, 0.3) is 10.8 Å². The second-order valence-corrected chi connectivity index (χ2v) is 5.34. The van der Waals surface area contributed by atoms with E-state index in [0.29, 0.717) is 0 Å². The van der Waals surface area contributed by atoms with Crippen LogP contribution in [-0.4, -0.2) is 7.11 Å². The van der Waals surface area contributed by atoms with Gasteiger partial charge in [-0.3, -0.25) is 0 Å². The van der Waals surface area contributed by atoms with E-state index in [0.717, 1.165) is 11.1 Å². The largest absolute Gasteiger partial charge is 0.496 e. The summed E-state index contributed by atoms with van der Waals surface area (Å²) in [4.78, 5) is 2.50. The summed E-state index contributed by atoms with van der Waals surface area (Å²) in [6, 6.07) is 22.9. The lowest BCUT2D eigenvalue weighted by molar-refractivity contribution is 0.419. The zero-order valence-corrected chi connectivity index (χ0v) is 11.5. The summed E-state index contributed by atoms with van der Waals surface area (Å²) in [6.07, 6.45) is 0. The third-order valence-corrected chi connectivity index (χ3v) is 4.12. The molecule has 0 bridgehead atoms. The van der Waals surface area contributed by atoms with Gasteiger partial charge in [-0.15, -0.1) is 0 Å². The normalized spacial score (nSPS) is 10.6. The van der Waals surface area contributed by atoms with Gasteiger partial charge in [0.15, 0.2) is 0 Å². The SMILES string of the molecule is COc1ccc(Sc2ccccc2)c2ccccc12. The van der Waals surface area contributed by atoms with E-state index in [1.54, 1.807) is 18.9 Å². The molecule has 19 heavy (non-hydrogen) atoms. The molecule has 0 aliphatic heterocycles. The minimum atomic E-state index is 0.924. The number of hydrogen-bond donors (Lipinski definition) is 0. The first-order valence-electron chi connectivity index (χ1n) is 6.17. The highest BCUT2D eigenvalue weighted by Gasteiger charge is 2.06. The molecule has 0 saturated heterocycles. The molecule has 94 valence electrons. The maximum absolute atomic E-state index is 5.42. The zero-order chi connectivity index (χ0) is 13.1. The van der Waals surface area contributed by atoms with Crippen LogP contribution in [-0.2, 0) is 0 Å². The fraction of sp³-hybridized carbons (Fsp3) is 0.0588. The third-order valence-electron chi connectivity index (χ3n) is 3.03. The number of benzene rings is 3. The number of methoxy groups -OCH3 is 1. The standard InChI is InChI=1S/C17H14OS/c1-18-16-11-12-17(15-10-6-5-9-14(15)16)19-13-7-3-2-4-8-13/h2-12H,1H3. The maximum Gasteiger partial charge on any atom is 0.126 e. The molecule has 0 fully saturated rings. The summed E-state index contributed by atoms with van der Waals surface area (Å²) in [5, 5.41) is 2.39. The van der Waals surface area contributed by atoms with E-state index in [1.807, 2.05) is 18.2 Å². The third kappa shape index (κ3) is 2.45. The Kier molecular flexibility index (Phi) is 3.43. The Morgan fingerprint density at radius 2 is 1.42 bits per heavy atom. The molecule has 2 heteroatoms. The van der Waals surface area contributed by atoms with Crippen molar-refractivity contribution in [2.24, 2.45) is 0 Å². The first kappa shape index (κ1) is 12.1. The first-order chi connectivity index (χ1) is 9.38. The van der Waals surface area contributed by atoms with Crippen LogP contribution in [0, 0.1) is 0 Å². The average molecular weight is 266 g/mol. The predicted molar refractivity (Wildman–Crippen MR) is 81.1 cm³/mol. The van der Waals surface area contributed by atoms with Crippen molar-refractivity contribution in [1.29, 1.82) is 0 Å². The summed E-state index contributed by atoms with van der Waals surface area (Å²) in [6.45, 7) is 0. The quantitative estimate of drug-likeness (QED) is 0.659. The molecule has 0 amide bonds. The number of hydrogen-bond acceptors (Lipinski definition) is 2. The van der Waals surface area contributed by atoms with Gasteiger partial charge in [0.1, 0.15) is 5.75 Å². The molecule has 0 spiro atoms. The van der Waals surface area contributed by atoms with E-state index in [2.05, 4.69) is 48.5 Å². The van der Waals surface area contributed by atoms with Crippen LogP contribution < -0.4 is 4.74 Å². The van der Waals surface area contributed by atoms with Gasteiger partial charge in [-0.05, 0) is 29.7 Å². The fourth-order valence-corrected chi connectivity index (χ4v) is 3.10. The molecule has 3 rings (SSSR count). The molecule has 3 aromatic carbocycles. The second kappa shape index (κ2) is 5.37. The number of ether oxygens (including phenoxy) is 1. The van der Waals surface area contributed by atoms with Gasteiger partial charge in [0.25, 0.3) is 0 Å². The predicted octanol–water partition coefficient (Wildman–Crippen LogP) is 5.00. The highest BCUT2D eigenvalue weighted by atomic mass is 32.2. The van der Waals surface area contributed by atoms with Crippen molar-refractivity contribution in [1.82, 2.24) is 0 Å². The molecule has 0 heterocycles. The van der Waals surface area contributed by atoms with Gasteiger partial charge in [-0.1, -0.05) is 54.2 Å². The van der Waals surface area contributed by atoms with Gasteiger partial charge in [0.2, 0.25) is 0 Å². The van der Waals surface area contributed by atoms with Gasteiger partial charge in [-0.2, -0.15) is 0 Å². The molecule has 3 aromatic rings. The lowest BCUT2D eigenvalue weighted by Gasteiger charge is -2.10. The van der Waals surface area contributed by atoms with Crippen LogP contribution >= 0.6 is 11.8 Å². The smallest absolute Gasteiger partial charge is 0.126 e. The maximum atomic E-state index is 5.42. The van der Waals surface area contributed by atoms with Gasteiger partial charge >= 0.3 is 0 Å². The van der Waals surface area contributed by atoms with Crippen molar-refractivity contribution in [3.63, 3.8) is 0 Å². The van der Waals surface area contributed by atoms with Crippen LogP contribution in [0.15, 0.2) is 76.5 Å². The summed E-state index contributed by atoms with van der Waals surface area (Å²) in [5.41, 5.74) is 0. The van der Waals surface area contributed by atoms with E-state index in [4.69, 9.17) is 4.74 Å². The topological polar surface area (TPSA) is 9.23 Å². The molecule has 0 saturated carbocycles. The van der Waals surface area contributed by atoms with Crippen LogP contribution in [0.4, 0.5) is 0 Å². The van der Waals surface area contributed by atoms with E-state index in [1.165, 1.54) is 15.2 Å². The van der Waals surface area contributed by atoms with Crippen LogP contribution in [0.5, 0.6) is 5.75 Å². The molecule has 1 nitrogen and oxygen atoms in total. The average Bonchev–Trinajstić information content (AvgIpc) is 2.49. The second-order valence-electron chi connectivity index (χ2n) is 4.23. The number of fused-ring (bicyclic) bond motifs is 1. The first-order valence-corrected chi connectivity index (χ1v) is 6.99. The van der Waals surface area contributed by atoms with Gasteiger partial charge in [0.05, 0.1) is 7.11 Å². The fourth-order valence-electron chi connectivity index (χ4n) is 2.13. The summed E-state index contributed by atoms with van der Waals surface area (Å²) >= 11 is 1.78. The monoisotopic (exact) mass is 266 g/mol. The molecule has 0 unspecified atom stereocenters. The van der Waals surface area contributed by atoms with Crippen LogP contribution in [0.1, 0.15) is 0 Å². The van der Waals surface area contributed by atoms with Crippen molar-refractivity contribution in [2.75, 3.05) is 7.11 Å². The molecule has 0 radical (unpaired) electrons. The van der Waals surface area contributed by atoms with Crippen molar-refractivity contribution in [3.8, 4) is 5.75 Å². The molecule has 0 atom stereocenters. The Labute approximate surface area is 117 Å². The van der Waals surface area contributed by atoms with E-state index in [9.17, 15) is 0 Å². The Bertz CT molecular complexity index is 692. The number of rotatable bonds is 3. The zero-order valence-electron chi connectivity index (χ0n) is 10.7. The summed E-state index contributed by atoms with van der Waals surface area (Å²) < 4.78 is 5.42. The van der Waals surface area contributed by atoms with Gasteiger partial charge < -0.3 is 4.74 Å². The lowest BCUT2D eigenvalue weighted by Crippen LogP contribution is -1.86. The Balaban J connectivity index is 2.10. The molecule has 0 aliphatic carbocycles. The summed E-state index contributed by atoms with van der Waals surface area (Å²) in [5.74, 6) is 0.924. The molecular formula is C17H14OS. The lowest BCUT2D eigenvalue weighted by atomic mass is 10.1. The molecule has 0 aliphatic rings. The van der Waals surface area contributed by atoms with Crippen molar-refractivity contribution < 1.29 is 4.74 Å². The van der Waals surface area contributed by atoms with Gasteiger partial charge in [-0.25, -0.2) is 0 Å². The molecular weight excluding hydrogens is 252 g/mol. The highest BCUT2D eigenvalue weighted by Crippen LogP contribution is 2.37. The Hall–Kier alpha value is -1.93. The van der Waals surface area contributed by atoms with Crippen LogP contribution in [0.2, 0.25) is 0 Å². The van der Waals surface area contributed by atoms with E-state index < -0.39 is 0 Å².